The van der Waals surface area contributed by atoms with E-state index in [-0.39, 0.29) is 11.3 Å². The Kier molecular flexibility index (Phi) is 4.97. The highest BCUT2D eigenvalue weighted by Crippen LogP contribution is 2.29. The number of pyridine rings is 1. The van der Waals surface area contributed by atoms with Crippen LogP contribution in [0, 0.1) is 0 Å². The van der Waals surface area contributed by atoms with Crippen LogP contribution in [0.5, 0.6) is 0 Å². The number of hydrogen-bond acceptors (Lipinski definition) is 2. The number of halogens is 4. The van der Waals surface area contributed by atoms with Crippen molar-refractivity contribution in [1.29, 1.82) is 0 Å². The third kappa shape index (κ3) is 3.83. The van der Waals surface area contributed by atoms with Crippen LogP contribution in [0.1, 0.15) is 22.8 Å². The first-order valence-corrected chi connectivity index (χ1v) is 8.40. The Labute approximate surface area is 157 Å². The summed E-state index contributed by atoms with van der Waals surface area (Å²) >= 11 is 5.96. The fraction of sp³-hybridized carbons (Fsp3) is 0.158. The number of hydrogen-bond donors (Lipinski definition) is 1. The lowest BCUT2D eigenvalue weighted by Crippen LogP contribution is -2.24. The zero-order valence-electron chi connectivity index (χ0n) is 14.1. The minimum absolute atomic E-state index is 0.119. The number of aryl methyl sites for hydroxylation is 1. The van der Waals surface area contributed by atoms with E-state index in [2.05, 4.69) is 5.32 Å². The lowest BCUT2D eigenvalue weighted by atomic mass is 10.1. The van der Waals surface area contributed by atoms with Crippen LogP contribution in [0.3, 0.4) is 0 Å². The van der Waals surface area contributed by atoms with Crippen LogP contribution >= 0.6 is 11.6 Å². The number of carbonyl (C=O) groups is 1. The molecule has 27 heavy (non-hydrogen) atoms. The monoisotopic (exact) mass is 394 g/mol. The molecular weight excluding hydrogens is 381 g/mol. The Morgan fingerprint density at radius 1 is 1.15 bits per heavy atom. The Balaban J connectivity index is 1.98. The van der Waals surface area contributed by atoms with Crippen LogP contribution in [-0.4, -0.2) is 10.5 Å². The van der Waals surface area contributed by atoms with Crippen LogP contribution in [0.15, 0.2) is 53.5 Å². The van der Waals surface area contributed by atoms with Crippen LogP contribution in [0.2, 0.25) is 5.02 Å². The van der Waals surface area contributed by atoms with Gasteiger partial charge in [-0.1, -0.05) is 11.6 Å². The molecule has 0 unspecified atom stereocenters. The number of alkyl halides is 3. The molecule has 1 amide bonds. The van der Waals surface area contributed by atoms with Gasteiger partial charge in [-0.15, -0.1) is 0 Å². The minimum Gasteiger partial charge on any atom is -0.347 e. The number of amides is 1. The van der Waals surface area contributed by atoms with Gasteiger partial charge in [0.05, 0.1) is 11.1 Å². The number of nitrogens with one attached hydrogen (secondary N) is 1. The number of fused-ring (bicyclic) bond motifs is 1. The summed E-state index contributed by atoms with van der Waals surface area (Å²) in [4.78, 5) is 25.2. The Hall–Kier alpha value is -2.80. The summed E-state index contributed by atoms with van der Waals surface area (Å²) in [5, 5.41) is 3.11. The highest BCUT2D eigenvalue weighted by molar-refractivity contribution is 6.31. The number of anilines is 1. The molecule has 3 rings (SSSR count). The highest BCUT2D eigenvalue weighted by atomic mass is 35.5. The van der Waals surface area contributed by atoms with Crippen molar-refractivity contribution in [1.82, 2.24) is 4.57 Å². The molecule has 2 aromatic carbocycles. The van der Waals surface area contributed by atoms with Crippen LogP contribution in [0.25, 0.3) is 10.9 Å². The second-order valence-electron chi connectivity index (χ2n) is 5.85. The first-order chi connectivity index (χ1) is 12.7. The van der Waals surface area contributed by atoms with Gasteiger partial charge in [-0.25, -0.2) is 0 Å². The SMILES string of the molecule is CCn1cc(C(=O)Nc2ccc(C(F)(F)F)cc2)c(=O)c2cc(Cl)ccc21. The van der Waals surface area contributed by atoms with Crippen LogP contribution < -0.4 is 10.7 Å². The van der Waals surface area contributed by atoms with E-state index >= 15 is 0 Å². The van der Waals surface area contributed by atoms with Crippen molar-refractivity contribution in [2.24, 2.45) is 0 Å². The van der Waals surface area contributed by atoms with Crippen LogP contribution in [0.4, 0.5) is 18.9 Å². The second kappa shape index (κ2) is 7.08. The minimum atomic E-state index is -4.46. The van der Waals surface area contributed by atoms with Gasteiger partial charge in [-0.3, -0.25) is 9.59 Å². The predicted octanol–water partition coefficient (Wildman–Crippen LogP) is 4.95. The molecule has 8 heteroatoms. The molecule has 140 valence electrons. The van der Waals surface area contributed by atoms with E-state index in [1.54, 1.807) is 16.7 Å². The van der Waals surface area contributed by atoms with E-state index in [0.29, 0.717) is 22.5 Å². The molecule has 0 radical (unpaired) electrons. The van der Waals surface area contributed by atoms with Gasteiger partial charge in [-0.05, 0) is 49.4 Å². The number of carbonyl (C=O) groups excluding carboxylic acids is 1. The van der Waals surface area contributed by atoms with Gasteiger partial charge in [0.15, 0.2) is 0 Å². The van der Waals surface area contributed by atoms with Gasteiger partial charge in [0.25, 0.3) is 5.91 Å². The van der Waals surface area contributed by atoms with Gasteiger partial charge in [-0.2, -0.15) is 13.2 Å². The lowest BCUT2D eigenvalue weighted by Gasteiger charge is -2.12. The summed E-state index contributed by atoms with van der Waals surface area (Å²) in [7, 11) is 0. The van der Waals surface area contributed by atoms with Crippen molar-refractivity contribution in [3.8, 4) is 0 Å². The molecule has 0 saturated heterocycles. The first kappa shape index (κ1) is 19.0. The molecule has 0 saturated carbocycles. The van der Waals surface area contributed by atoms with E-state index < -0.39 is 23.1 Å². The molecule has 1 aromatic heterocycles. The summed E-state index contributed by atoms with van der Waals surface area (Å²) in [6.45, 7) is 2.37. The quantitative estimate of drug-likeness (QED) is 0.683. The molecule has 0 atom stereocenters. The maximum absolute atomic E-state index is 12.7. The highest BCUT2D eigenvalue weighted by Gasteiger charge is 2.30. The van der Waals surface area contributed by atoms with E-state index in [4.69, 9.17) is 11.6 Å². The number of benzene rings is 2. The fourth-order valence-corrected chi connectivity index (χ4v) is 2.91. The molecule has 0 aliphatic heterocycles. The van der Waals surface area contributed by atoms with Gasteiger partial charge in [0.2, 0.25) is 5.43 Å². The van der Waals surface area contributed by atoms with Crippen molar-refractivity contribution in [3.05, 3.63) is 75.0 Å². The van der Waals surface area contributed by atoms with Crippen molar-refractivity contribution in [2.45, 2.75) is 19.6 Å². The van der Waals surface area contributed by atoms with Gasteiger partial charge < -0.3 is 9.88 Å². The molecule has 1 heterocycles. The summed E-state index contributed by atoms with van der Waals surface area (Å²) in [6, 6.07) is 8.83. The van der Waals surface area contributed by atoms with E-state index in [0.717, 1.165) is 24.3 Å². The average Bonchev–Trinajstić information content (AvgIpc) is 2.62. The zero-order valence-corrected chi connectivity index (χ0v) is 14.9. The molecule has 1 N–H and O–H groups in total. The van der Waals surface area contributed by atoms with Gasteiger partial charge in [0, 0.05) is 28.8 Å². The molecule has 0 aliphatic carbocycles. The summed E-state index contributed by atoms with van der Waals surface area (Å²) in [5.41, 5.74) is -0.651. The first-order valence-electron chi connectivity index (χ1n) is 8.02. The third-order valence-corrected chi connectivity index (χ3v) is 4.33. The smallest absolute Gasteiger partial charge is 0.347 e. The molecule has 0 aliphatic rings. The van der Waals surface area contributed by atoms with Crippen molar-refractivity contribution in [2.75, 3.05) is 5.32 Å². The average molecular weight is 395 g/mol. The standard InChI is InChI=1S/C19H14ClF3N2O2/c1-2-25-10-15(17(26)14-9-12(20)5-8-16(14)25)18(27)24-13-6-3-11(4-7-13)19(21,22)23/h3-10H,2H2,1H3,(H,24,27). The zero-order chi connectivity index (χ0) is 19.8. The predicted molar refractivity (Wildman–Crippen MR) is 98.3 cm³/mol. The Morgan fingerprint density at radius 2 is 1.81 bits per heavy atom. The maximum Gasteiger partial charge on any atom is 0.416 e. The fourth-order valence-electron chi connectivity index (χ4n) is 2.73. The van der Waals surface area contributed by atoms with Gasteiger partial charge in [0.1, 0.15) is 5.56 Å². The Bertz CT molecular complexity index is 1070. The summed E-state index contributed by atoms with van der Waals surface area (Å²) in [5.74, 6) is -0.705. The number of aromatic nitrogens is 1. The van der Waals surface area contributed by atoms with E-state index in [1.165, 1.54) is 12.3 Å². The van der Waals surface area contributed by atoms with E-state index in [9.17, 15) is 22.8 Å². The molecule has 0 fully saturated rings. The second-order valence-corrected chi connectivity index (χ2v) is 6.29. The summed E-state index contributed by atoms with van der Waals surface area (Å²) in [6.07, 6.45) is -3.03. The maximum atomic E-state index is 12.7. The summed E-state index contributed by atoms with van der Waals surface area (Å²) < 4.78 is 39.6. The third-order valence-electron chi connectivity index (χ3n) is 4.10. The van der Waals surface area contributed by atoms with Crippen LogP contribution in [-0.2, 0) is 12.7 Å². The van der Waals surface area contributed by atoms with Crippen molar-refractivity contribution < 1.29 is 18.0 Å². The number of rotatable bonds is 3. The molecule has 3 aromatic rings. The molecule has 0 spiro atoms. The lowest BCUT2D eigenvalue weighted by molar-refractivity contribution is -0.137. The largest absolute Gasteiger partial charge is 0.416 e. The van der Waals surface area contributed by atoms with E-state index in [1.807, 2.05) is 6.92 Å². The molecular formula is C19H14ClF3N2O2. The topological polar surface area (TPSA) is 51.1 Å². The Morgan fingerprint density at radius 3 is 2.41 bits per heavy atom. The number of nitrogens with zero attached hydrogens (tertiary/aromatic N) is 1. The van der Waals surface area contributed by atoms with Gasteiger partial charge >= 0.3 is 6.18 Å². The molecule has 4 nitrogen and oxygen atoms in total. The normalized spacial score (nSPS) is 11.6. The molecule has 0 bridgehead atoms. The van der Waals surface area contributed by atoms with Crippen molar-refractivity contribution in [3.63, 3.8) is 0 Å². The van der Waals surface area contributed by atoms with Crippen molar-refractivity contribution >= 4 is 34.1 Å².